The van der Waals surface area contributed by atoms with Gasteiger partial charge in [0.25, 0.3) is 5.78 Å². The van der Waals surface area contributed by atoms with Gasteiger partial charge in [-0.05, 0) is 5.56 Å². The number of benzene rings is 1. The molecule has 1 aromatic carbocycles. The monoisotopic (exact) mass is 231 g/mol. The summed E-state index contributed by atoms with van der Waals surface area (Å²) in [4.78, 5) is 23.7. The number of carbonyl (C=O) groups is 2. The van der Waals surface area contributed by atoms with Crippen molar-refractivity contribution in [2.75, 3.05) is 13.7 Å². The Balaban J connectivity index is 2.14. The number of nitrogens with zero attached hydrogens (tertiary/aromatic N) is 3. The molecule has 5 nitrogen and oxygen atoms in total. The van der Waals surface area contributed by atoms with E-state index < -0.39 is 5.78 Å². The summed E-state index contributed by atoms with van der Waals surface area (Å²) in [6.07, 6.45) is 0.302. The highest BCUT2D eigenvalue weighted by Crippen LogP contribution is 2.11. The maximum Gasteiger partial charge on any atom is 0.262 e. The first-order valence-corrected chi connectivity index (χ1v) is 5.29. The fraction of sp³-hybridized carbons (Fsp3) is 0.250. The van der Waals surface area contributed by atoms with E-state index in [-0.39, 0.29) is 5.84 Å². The molecule has 0 fully saturated rings. The average molecular weight is 231 g/mol. The molecule has 0 radical (unpaired) electrons. The average Bonchev–Trinajstić information content (AvgIpc) is 2.70. The zero-order chi connectivity index (χ0) is 12.3. The quantitative estimate of drug-likeness (QED) is 0.558. The summed E-state index contributed by atoms with van der Waals surface area (Å²) < 4.78 is 0. The first-order chi connectivity index (χ1) is 8.20. The van der Waals surface area contributed by atoms with Gasteiger partial charge in [0.15, 0.2) is 6.29 Å². The summed E-state index contributed by atoms with van der Waals surface area (Å²) in [6.45, 7) is 1.09. The topological polar surface area (TPSA) is 53.0 Å². The molecular formula is C12H13N3O2. The van der Waals surface area contributed by atoms with Crippen molar-refractivity contribution in [3.63, 3.8) is 0 Å². The fourth-order valence-corrected chi connectivity index (χ4v) is 1.76. The van der Waals surface area contributed by atoms with E-state index >= 15 is 0 Å². The van der Waals surface area contributed by atoms with Crippen molar-refractivity contribution in [3.05, 3.63) is 35.9 Å². The van der Waals surface area contributed by atoms with E-state index in [1.54, 1.807) is 17.0 Å². The number of aldehydes is 1. The second kappa shape index (κ2) is 4.78. The van der Waals surface area contributed by atoms with Crippen LogP contribution in [0.4, 0.5) is 0 Å². The summed E-state index contributed by atoms with van der Waals surface area (Å²) in [5.41, 5.74) is 1.08. The molecule has 0 spiro atoms. The van der Waals surface area contributed by atoms with Crippen LogP contribution in [-0.4, -0.2) is 41.5 Å². The lowest BCUT2D eigenvalue weighted by molar-refractivity contribution is -0.126. The van der Waals surface area contributed by atoms with Crippen LogP contribution in [0.3, 0.4) is 0 Å². The third kappa shape index (κ3) is 2.50. The molecule has 0 atom stereocenters. The highest BCUT2D eigenvalue weighted by molar-refractivity contribution is 6.58. The van der Waals surface area contributed by atoms with Crippen molar-refractivity contribution in [2.45, 2.75) is 6.54 Å². The molecule has 0 unspecified atom stereocenters. The highest BCUT2D eigenvalue weighted by Gasteiger charge is 2.26. The molecule has 1 aromatic rings. The van der Waals surface area contributed by atoms with E-state index in [9.17, 15) is 9.59 Å². The minimum Gasteiger partial charge on any atom is -0.328 e. The number of hydrogen-bond acceptors (Lipinski definition) is 5. The number of rotatable bonds is 4. The van der Waals surface area contributed by atoms with Crippen molar-refractivity contribution in [2.24, 2.45) is 5.10 Å². The van der Waals surface area contributed by atoms with Crippen molar-refractivity contribution in [1.82, 2.24) is 9.91 Å². The standard InChI is InChI=1S/C12H13N3O2/c1-14-9-15(12(13-14)11(17)8-16)7-10-5-3-2-4-6-10/h2-6,8H,7,9H2,1H3. The van der Waals surface area contributed by atoms with Crippen LogP contribution in [0, 0.1) is 0 Å². The number of ketones is 1. The Kier molecular flexibility index (Phi) is 3.18. The predicted octanol–water partition coefficient (Wildman–Crippen LogP) is 0.473. The van der Waals surface area contributed by atoms with E-state index in [2.05, 4.69) is 5.10 Å². The van der Waals surface area contributed by atoms with Crippen LogP contribution in [-0.2, 0) is 16.1 Å². The van der Waals surface area contributed by atoms with Crippen molar-refractivity contribution in [3.8, 4) is 0 Å². The van der Waals surface area contributed by atoms with Gasteiger partial charge in [-0.25, -0.2) is 0 Å². The molecule has 1 aliphatic heterocycles. The second-order valence-corrected chi connectivity index (χ2v) is 3.89. The van der Waals surface area contributed by atoms with Gasteiger partial charge in [0, 0.05) is 13.6 Å². The molecular weight excluding hydrogens is 218 g/mol. The Morgan fingerprint density at radius 2 is 2.12 bits per heavy atom. The zero-order valence-corrected chi connectivity index (χ0v) is 9.54. The largest absolute Gasteiger partial charge is 0.328 e. The zero-order valence-electron chi connectivity index (χ0n) is 9.54. The Morgan fingerprint density at radius 1 is 1.41 bits per heavy atom. The Morgan fingerprint density at radius 3 is 2.76 bits per heavy atom. The van der Waals surface area contributed by atoms with Crippen LogP contribution in [0.1, 0.15) is 5.56 Å². The summed E-state index contributed by atoms with van der Waals surface area (Å²) >= 11 is 0. The molecule has 0 aliphatic carbocycles. The maximum absolute atomic E-state index is 11.4. The van der Waals surface area contributed by atoms with E-state index in [1.807, 2.05) is 30.3 Å². The number of hydrogen-bond donors (Lipinski definition) is 0. The van der Waals surface area contributed by atoms with Crippen molar-refractivity contribution >= 4 is 17.9 Å². The predicted molar refractivity (Wildman–Crippen MR) is 63.1 cm³/mol. The van der Waals surface area contributed by atoms with Gasteiger partial charge in [-0.2, -0.15) is 5.10 Å². The Bertz CT molecular complexity index is 456. The van der Waals surface area contributed by atoms with Crippen molar-refractivity contribution in [1.29, 1.82) is 0 Å². The van der Waals surface area contributed by atoms with E-state index in [0.717, 1.165) is 5.56 Å². The lowest BCUT2D eigenvalue weighted by Gasteiger charge is -2.18. The van der Waals surface area contributed by atoms with Crippen LogP contribution in [0.15, 0.2) is 35.4 Å². The number of carbonyl (C=O) groups excluding carboxylic acids is 2. The van der Waals surface area contributed by atoms with Crippen LogP contribution in [0.25, 0.3) is 0 Å². The van der Waals surface area contributed by atoms with Gasteiger partial charge in [-0.1, -0.05) is 30.3 Å². The van der Waals surface area contributed by atoms with Gasteiger partial charge in [0.1, 0.15) is 6.67 Å². The molecule has 5 heteroatoms. The Hall–Kier alpha value is -2.17. The molecule has 0 N–H and O–H groups in total. The lowest BCUT2D eigenvalue weighted by atomic mass is 10.2. The lowest BCUT2D eigenvalue weighted by Crippen LogP contribution is -2.34. The third-order valence-corrected chi connectivity index (χ3v) is 2.48. The second-order valence-electron chi connectivity index (χ2n) is 3.89. The number of amidine groups is 1. The molecule has 0 aromatic heterocycles. The molecule has 2 rings (SSSR count). The highest BCUT2D eigenvalue weighted by atomic mass is 16.2. The fourth-order valence-electron chi connectivity index (χ4n) is 1.76. The van der Waals surface area contributed by atoms with Gasteiger partial charge >= 0.3 is 0 Å². The van der Waals surface area contributed by atoms with Crippen LogP contribution in [0.5, 0.6) is 0 Å². The normalized spacial score (nSPS) is 14.8. The smallest absolute Gasteiger partial charge is 0.262 e. The molecule has 1 heterocycles. The summed E-state index contributed by atoms with van der Waals surface area (Å²) in [6, 6.07) is 9.76. The van der Waals surface area contributed by atoms with Gasteiger partial charge in [0.2, 0.25) is 5.84 Å². The number of hydrazone groups is 1. The molecule has 0 bridgehead atoms. The first kappa shape index (κ1) is 11.3. The van der Waals surface area contributed by atoms with E-state index in [0.29, 0.717) is 19.5 Å². The Labute approximate surface area is 99.3 Å². The summed E-state index contributed by atoms with van der Waals surface area (Å²) in [5, 5.41) is 5.67. The van der Waals surface area contributed by atoms with Gasteiger partial charge < -0.3 is 4.90 Å². The summed E-state index contributed by atoms with van der Waals surface area (Å²) in [7, 11) is 1.77. The van der Waals surface area contributed by atoms with Gasteiger partial charge in [-0.15, -0.1) is 0 Å². The first-order valence-electron chi connectivity index (χ1n) is 5.29. The molecule has 1 aliphatic rings. The molecule has 88 valence electrons. The minimum atomic E-state index is -0.578. The van der Waals surface area contributed by atoms with E-state index in [1.165, 1.54) is 0 Å². The van der Waals surface area contributed by atoms with E-state index in [4.69, 9.17) is 0 Å². The molecule has 17 heavy (non-hydrogen) atoms. The maximum atomic E-state index is 11.4. The SMILES string of the molecule is CN1CN(Cc2ccccc2)C(C(=O)C=O)=N1. The third-order valence-electron chi connectivity index (χ3n) is 2.48. The van der Waals surface area contributed by atoms with Crippen molar-refractivity contribution < 1.29 is 9.59 Å². The molecule has 0 saturated carbocycles. The molecule has 0 amide bonds. The number of Topliss-reactive ketones (excluding diaryl/α,β-unsaturated/α-hetero) is 1. The minimum absolute atomic E-state index is 0.214. The van der Waals surface area contributed by atoms with Crippen LogP contribution < -0.4 is 0 Å². The van der Waals surface area contributed by atoms with Gasteiger partial charge in [0.05, 0.1) is 0 Å². The summed E-state index contributed by atoms with van der Waals surface area (Å²) in [5.74, 6) is -0.364. The molecule has 0 saturated heterocycles. The van der Waals surface area contributed by atoms with Crippen LogP contribution in [0.2, 0.25) is 0 Å². The van der Waals surface area contributed by atoms with Crippen LogP contribution >= 0.6 is 0 Å². The van der Waals surface area contributed by atoms with Gasteiger partial charge in [-0.3, -0.25) is 14.6 Å².